The number of carbonyl (C=O) groups is 1. The van der Waals surface area contributed by atoms with Crippen LogP contribution in [0.2, 0.25) is 0 Å². The molecular weight excluding hydrogens is 356 g/mol. The van der Waals surface area contributed by atoms with Crippen LogP contribution in [0.15, 0.2) is 66.0 Å². The molecule has 4 rings (SSSR count). The first-order chi connectivity index (χ1) is 13.3. The molecular formula is C22H22N2O2S. The standard InChI is InChI=1S/C22H22N2O2S/c25-21(24-13-14-26-20(15-24)17-7-3-1-4-8-17)12-11-19-16-27-22(23-19)18-9-5-2-6-10-18/h1-10,16,20H,11-15H2. The Balaban J connectivity index is 1.33. The lowest BCUT2D eigenvalue weighted by Gasteiger charge is -2.33. The van der Waals surface area contributed by atoms with Crippen LogP contribution < -0.4 is 0 Å². The minimum absolute atomic E-state index is 0.0344. The number of benzene rings is 2. The predicted octanol–water partition coefficient (Wildman–Crippen LogP) is 4.34. The van der Waals surface area contributed by atoms with Crippen molar-refractivity contribution in [2.24, 2.45) is 0 Å². The molecule has 3 aromatic rings. The van der Waals surface area contributed by atoms with Crippen molar-refractivity contribution in [2.75, 3.05) is 19.7 Å². The number of hydrogen-bond acceptors (Lipinski definition) is 4. The highest BCUT2D eigenvalue weighted by Crippen LogP contribution is 2.25. The highest BCUT2D eigenvalue weighted by Gasteiger charge is 2.25. The Labute approximate surface area is 163 Å². The van der Waals surface area contributed by atoms with Crippen LogP contribution in [-0.4, -0.2) is 35.5 Å². The number of hydrogen-bond donors (Lipinski definition) is 0. The summed E-state index contributed by atoms with van der Waals surface area (Å²) in [6, 6.07) is 20.3. The molecule has 0 aliphatic carbocycles. The zero-order chi connectivity index (χ0) is 18.5. The van der Waals surface area contributed by atoms with E-state index in [0.29, 0.717) is 32.5 Å². The summed E-state index contributed by atoms with van der Waals surface area (Å²) in [5, 5.41) is 3.07. The second-order valence-corrected chi connectivity index (χ2v) is 7.48. The first-order valence-electron chi connectivity index (χ1n) is 9.24. The molecule has 138 valence electrons. The van der Waals surface area contributed by atoms with Gasteiger partial charge in [-0.3, -0.25) is 4.79 Å². The number of carbonyl (C=O) groups excluding carboxylic acids is 1. The first kappa shape index (κ1) is 17.9. The van der Waals surface area contributed by atoms with Gasteiger partial charge in [0.1, 0.15) is 11.1 Å². The minimum Gasteiger partial charge on any atom is -0.370 e. The van der Waals surface area contributed by atoms with Gasteiger partial charge in [-0.25, -0.2) is 4.98 Å². The van der Waals surface area contributed by atoms with Crippen LogP contribution in [0.5, 0.6) is 0 Å². The van der Waals surface area contributed by atoms with Crippen LogP contribution in [0, 0.1) is 0 Å². The number of rotatable bonds is 5. The Morgan fingerprint density at radius 2 is 1.85 bits per heavy atom. The van der Waals surface area contributed by atoms with Crippen molar-refractivity contribution in [1.29, 1.82) is 0 Å². The molecule has 1 aliphatic heterocycles. The lowest BCUT2D eigenvalue weighted by atomic mass is 10.1. The highest BCUT2D eigenvalue weighted by atomic mass is 32.1. The van der Waals surface area contributed by atoms with E-state index in [-0.39, 0.29) is 12.0 Å². The number of amides is 1. The molecule has 0 N–H and O–H groups in total. The van der Waals surface area contributed by atoms with Crippen molar-refractivity contribution in [3.63, 3.8) is 0 Å². The minimum atomic E-state index is -0.0344. The second kappa shape index (κ2) is 8.46. The Kier molecular flexibility index (Phi) is 5.61. The maximum atomic E-state index is 12.7. The van der Waals surface area contributed by atoms with Gasteiger partial charge in [0.05, 0.1) is 18.8 Å². The lowest BCUT2D eigenvalue weighted by Crippen LogP contribution is -2.42. The van der Waals surface area contributed by atoms with E-state index in [2.05, 4.69) is 34.6 Å². The lowest BCUT2D eigenvalue weighted by molar-refractivity contribution is -0.139. The number of morpholine rings is 1. The number of ether oxygens (including phenoxy) is 1. The fourth-order valence-corrected chi connectivity index (χ4v) is 4.13. The molecule has 1 unspecified atom stereocenters. The van der Waals surface area contributed by atoms with Gasteiger partial charge >= 0.3 is 0 Å². The van der Waals surface area contributed by atoms with Gasteiger partial charge in [0, 0.05) is 23.9 Å². The summed E-state index contributed by atoms with van der Waals surface area (Å²) >= 11 is 1.63. The molecule has 0 bridgehead atoms. The normalized spacial score (nSPS) is 17.0. The Hall–Kier alpha value is -2.50. The van der Waals surface area contributed by atoms with E-state index >= 15 is 0 Å². The van der Waals surface area contributed by atoms with E-state index in [0.717, 1.165) is 21.8 Å². The molecule has 0 saturated carbocycles. The largest absolute Gasteiger partial charge is 0.370 e. The summed E-state index contributed by atoms with van der Waals surface area (Å²) in [4.78, 5) is 19.3. The van der Waals surface area contributed by atoms with Crippen LogP contribution in [-0.2, 0) is 16.0 Å². The van der Waals surface area contributed by atoms with Crippen molar-refractivity contribution in [3.8, 4) is 10.6 Å². The third kappa shape index (κ3) is 4.43. The maximum absolute atomic E-state index is 12.7. The van der Waals surface area contributed by atoms with Gasteiger partial charge in [-0.2, -0.15) is 0 Å². The molecule has 1 aliphatic rings. The van der Waals surface area contributed by atoms with Gasteiger partial charge in [0.15, 0.2) is 0 Å². The molecule has 1 aromatic heterocycles. The van der Waals surface area contributed by atoms with Gasteiger partial charge in [0.2, 0.25) is 5.91 Å². The smallest absolute Gasteiger partial charge is 0.223 e. The Morgan fingerprint density at radius 3 is 2.63 bits per heavy atom. The number of nitrogens with zero attached hydrogens (tertiary/aromatic N) is 2. The van der Waals surface area contributed by atoms with Gasteiger partial charge in [0.25, 0.3) is 0 Å². The van der Waals surface area contributed by atoms with Crippen LogP contribution >= 0.6 is 11.3 Å². The SMILES string of the molecule is O=C(CCc1csc(-c2ccccc2)n1)N1CCOC(c2ccccc2)C1. The summed E-state index contributed by atoms with van der Waals surface area (Å²) in [6.07, 6.45) is 1.13. The molecule has 0 spiro atoms. The van der Waals surface area contributed by atoms with Crippen molar-refractivity contribution in [2.45, 2.75) is 18.9 Å². The zero-order valence-electron chi connectivity index (χ0n) is 15.1. The Morgan fingerprint density at radius 1 is 1.11 bits per heavy atom. The number of aromatic nitrogens is 1. The monoisotopic (exact) mass is 378 g/mol. The zero-order valence-corrected chi connectivity index (χ0v) is 15.9. The fraction of sp³-hybridized carbons (Fsp3) is 0.273. The van der Waals surface area contributed by atoms with Crippen molar-refractivity contribution in [3.05, 3.63) is 77.3 Å². The number of thiazole rings is 1. The fourth-order valence-electron chi connectivity index (χ4n) is 3.27. The van der Waals surface area contributed by atoms with Crippen LogP contribution in [0.3, 0.4) is 0 Å². The average Bonchev–Trinajstić information content (AvgIpc) is 3.22. The molecule has 2 heterocycles. The maximum Gasteiger partial charge on any atom is 0.223 e. The molecule has 2 aromatic carbocycles. The van der Waals surface area contributed by atoms with Crippen LogP contribution in [0.4, 0.5) is 0 Å². The molecule has 1 fully saturated rings. The average molecular weight is 378 g/mol. The first-order valence-corrected chi connectivity index (χ1v) is 10.1. The van der Waals surface area contributed by atoms with Gasteiger partial charge < -0.3 is 9.64 Å². The third-order valence-electron chi connectivity index (χ3n) is 4.76. The van der Waals surface area contributed by atoms with E-state index in [1.807, 2.05) is 41.3 Å². The summed E-state index contributed by atoms with van der Waals surface area (Å²) in [5.41, 5.74) is 3.24. The summed E-state index contributed by atoms with van der Waals surface area (Å²) in [7, 11) is 0. The molecule has 27 heavy (non-hydrogen) atoms. The molecule has 5 heteroatoms. The number of aryl methyl sites for hydroxylation is 1. The molecule has 1 amide bonds. The van der Waals surface area contributed by atoms with E-state index in [9.17, 15) is 4.79 Å². The van der Waals surface area contributed by atoms with E-state index < -0.39 is 0 Å². The molecule has 1 saturated heterocycles. The van der Waals surface area contributed by atoms with Gasteiger partial charge in [-0.05, 0) is 12.0 Å². The topological polar surface area (TPSA) is 42.4 Å². The van der Waals surface area contributed by atoms with Crippen molar-refractivity contribution in [1.82, 2.24) is 9.88 Å². The Bertz CT molecular complexity index is 880. The highest BCUT2D eigenvalue weighted by molar-refractivity contribution is 7.13. The molecule has 0 radical (unpaired) electrons. The summed E-state index contributed by atoms with van der Waals surface area (Å²) < 4.78 is 5.85. The third-order valence-corrected chi connectivity index (χ3v) is 5.70. The molecule has 1 atom stereocenters. The predicted molar refractivity (Wildman–Crippen MR) is 108 cm³/mol. The van der Waals surface area contributed by atoms with E-state index in [1.54, 1.807) is 11.3 Å². The van der Waals surface area contributed by atoms with Crippen LogP contribution in [0.25, 0.3) is 10.6 Å². The van der Waals surface area contributed by atoms with E-state index in [1.165, 1.54) is 0 Å². The molecule has 4 nitrogen and oxygen atoms in total. The van der Waals surface area contributed by atoms with Crippen molar-refractivity contribution >= 4 is 17.2 Å². The summed E-state index contributed by atoms with van der Waals surface area (Å²) in [5.74, 6) is 0.175. The summed E-state index contributed by atoms with van der Waals surface area (Å²) in [6.45, 7) is 1.86. The van der Waals surface area contributed by atoms with Gasteiger partial charge in [-0.15, -0.1) is 11.3 Å². The quantitative estimate of drug-likeness (QED) is 0.663. The van der Waals surface area contributed by atoms with E-state index in [4.69, 9.17) is 4.74 Å². The van der Waals surface area contributed by atoms with Crippen LogP contribution in [0.1, 0.15) is 23.8 Å². The van der Waals surface area contributed by atoms with Gasteiger partial charge in [-0.1, -0.05) is 60.7 Å². The second-order valence-electron chi connectivity index (χ2n) is 6.62. The van der Waals surface area contributed by atoms with Crippen molar-refractivity contribution < 1.29 is 9.53 Å².